The number of piperazine rings is 1. The SMILES string of the molecule is CCCC(COC)N1CC(C)NCC1C(C)C. The van der Waals surface area contributed by atoms with E-state index in [2.05, 4.69) is 37.9 Å². The van der Waals surface area contributed by atoms with Gasteiger partial charge in [0.05, 0.1) is 6.61 Å². The van der Waals surface area contributed by atoms with Gasteiger partial charge < -0.3 is 10.1 Å². The molecule has 0 spiro atoms. The Morgan fingerprint density at radius 1 is 1.41 bits per heavy atom. The average Bonchev–Trinajstić information content (AvgIpc) is 2.28. The molecule has 1 aliphatic heterocycles. The van der Waals surface area contributed by atoms with Gasteiger partial charge in [-0.15, -0.1) is 0 Å². The van der Waals surface area contributed by atoms with E-state index in [9.17, 15) is 0 Å². The molecule has 0 aromatic rings. The lowest BCUT2D eigenvalue weighted by Gasteiger charge is -2.45. The van der Waals surface area contributed by atoms with Crippen LogP contribution in [0.3, 0.4) is 0 Å². The van der Waals surface area contributed by atoms with Crippen LogP contribution in [0.2, 0.25) is 0 Å². The number of ether oxygens (including phenoxy) is 1. The molecule has 0 aromatic heterocycles. The molecule has 0 radical (unpaired) electrons. The predicted molar refractivity (Wildman–Crippen MR) is 73.4 cm³/mol. The Kier molecular flexibility index (Phi) is 6.45. The third kappa shape index (κ3) is 4.23. The third-order valence-electron chi connectivity index (χ3n) is 3.81. The Morgan fingerprint density at radius 2 is 2.12 bits per heavy atom. The Bertz CT molecular complexity index is 202. The van der Waals surface area contributed by atoms with E-state index < -0.39 is 0 Å². The van der Waals surface area contributed by atoms with E-state index in [-0.39, 0.29) is 0 Å². The number of nitrogens with zero attached hydrogens (tertiary/aromatic N) is 1. The minimum absolute atomic E-state index is 0.585. The molecule has 1 saturated heterocycles. The van der Waals surface area contributed by atoms with Crippen LogP contribution in [0, 0.1) is 5.92 Å². The fraction of sp³-hybridized carbons (Fsp3) is 1.00. The fourth-order valence-corrected chi connectivity index (χ4v) is 2.86. The monoisotopic (exact) mass is 242 g/mol. The molecular weight excluding hydrogens is 212 g/mol. The molecular formula is C14H30N2O. The molecule has 3 atom stereocenters. The van der Waals surface area contributed by atoms with Gasteiger partial charge in [0.2, 0.25) is 0 Å². The second-order valence-corrected chi connectivity index (χ2v) is 5.72. The first-order chi connectivity index (χ1) is 8.10. The lowest BCUT2D eigenvalue weighted by atomic mass is 9.95. The van der Waals surface area contributed by atoms with Crippen molar-refractivity contribution in [3.05, 3.63) is 0 Å². The summed E-state index contributed by atoms with van der Waals surface area (Å²) in [6, 6.07) is 1.83. The van der Waals surface area contributed by atoms with Crippen molar-refractivity contribution in [3.8, 4) is 0 Å². The van der Waals surface area contributed by atoms with E-state index >= 15 is 0 Å². The first-order valence-corrected chi connectivity index (χ1v) is 7.08. The molecule has 17 heavy (non-hydrogen) atoms. The summed E-state index contributed by atoms with van der Waals surface area (Å²) in [7, 11) is 1.82. The quantitative estimate of drug-likeness (QED) is 0.772. The first-order valence-electron chi connectivity index (χ1n) is 7.08. The van der Waals surface area contributed by atoms with E-state index in [1.807, 2.05) is 7.11 Å². The van der Waals surface area contributed by atoms with Gasteiger partial charge >= 0.3 is 0 Å². The Balaban J connectivity index is 2.70. The fourth-order valence-electron chi connectivity index (χ4n) is 2.86. The summed E-state index contributed by atoms with van der Waals surface area (Å²) in [5, 5.41) is 3.60. The van der Waals surface area contributed by atoms with Gasteiger partial charge in [-0.25, -0.2) is 0 Å². The minimum atomic E-state index is 0.585. The largest absolute Gasteiger partial charge is 0.383 e. The van der Waals surface area contributed by atoms with E-state index in [1.165, 1.54) is 12.8 Å². The van der Waals surface area contributed by atoms with Gasteiger partial charge in [0.1, 0.15) is 0 Å². The Labute approximate surface area is 107 Å². The van der Waals surface area contributed by atoms with Gasteiger partial charge in [-0.3, -0.25) is 4.90 Å². The molecule has 0 aromatic carbocycles. The standard InChI is InChI=1S/C14H30N2O/c1-6-7-13(10-17-5)16-9-12(4)15-8-14(16)11(2)3/h11-15H,6-10H2,1-5H3. The normalized spacial score (nSPS) is 28.6. The number of rotatable bonds is 6. The molecule has 1 aliphatic rings. The molecule has 0 saturated carbocycles. The molecule has 1 N–H and O–H groups in total. The summed E-state index contributed by atoms with van der Waals surface area (Å²) in [4.78, 5) is 2.68. The molecule has 0 aliphatic carbocycles. The third-order valence-corrected chi connectivity index (χ3v) is 3.81. The molecule has 3 unspecified atom stereocenters. The summed E-state index contributed by atoms with van der Waals surface area (Å²) in [6.07, 6.45) is 2.47. The van der Waals surface area contributed by atoms with E-state index in [0.29, 0.717) is 24.0 Å². The first kappa shape index (κ1) is 14.9. The van der Waals surface area contributed by atoms with Gasteiger partial charge in [0.15, 0.2) is 0 Å². The lowest BCUT2D eigenvalue weighted by molar-refractivity contribution is 0.0151. The molecule has 1 fully saturated rings. The Morgan fingerprint density at radius 3 is 2.65 bits per heavy atom. The van der Waals surface area contributed by atoms with Crippen LogP contribution in [-0.2, 0) is 4.74 Å². The maximum absolute atomic E-state index is 5.41. The van der Waals surface area contributed by atoms with E-state index in [1.54, 1.807) is 0 Å². The average molecular weight is 242 g/mol. The second-order valence-electron chi connectivity index (χ2n) is 5.72. The van der Waals surface area contributed by atoms with Crippen LogP contribution in [0.25, 0.3) is 0 Å². The van der Waals surface area contributed by atoms with Gasteiger partial charge in [0.25, 0.3) is 0 Å². The summed E-state index contributed by atoms with van der Waals surface area (Å²) < 4.78 is 5.41. The van der Waals surface area contributed by atoms with Gasteiger partial charge in [-0.05, 0) is 19.3 Å². The van der Waals surface area contributed by atoms with Crippen LogP contribution in [0.1, 0.15) is 40.5 Å². The minimum Gasteiger partial charge on any atom is -0.383 e. The number of hydrogen-bond donors (Lipinski definition) is 1. The highest BCUT2D eigenvalue weighted by atomic mass is 16.5. The van der Waals surface area contributed by atoms with Crippen LogP contribution in [0.5, 0.6) is 0 Å². The number of methoxy groups -OCH3 is 1. The van der Waals surface area contributed by atoms with Crippen molar-refractivity contribution < 1.29 is 4.74 Å². The zero-order valence-corrected chi connectivity index (χ0v) is 12.2. The highest BCUT2D eigenvalue weighted by Crippen LogP contribution is 2.20. The van der Waals surface area contributed by atoms with Gasteiger partial charge in [-0.1, -0.05) is 27.2 Å². The van der Waals surface area contributed by atoms with E-state index in [4.69, 9.17) is 4.74 Å². The van der Waals surface area contributed by atoms with Crippen LogP contribution in [0.15, 0.2) is 0 Å². The molecule has 102 valence electrons. The molecule has 1 heterocycles. The predicted octanol–water partition coefficient (Wildman–Crippen LogP) is 2.12. The summed E-state index contributed by atoms with van der Waals surface area (Å²) in [6.45, 7) is 12.3. The van der Waals surface area contributed by atoms with Gasteiger partial charge in [-0.2, -0.15) is 0 Å². The molecule has 3 heteroatoms. The van der Waals surface area contributed by atoms with Crippen LogP contribution in [0.4, 0.5) is 0 Å². The molecule has 3 nitrogen and oxygen atoms in total. The van der Waals surface area contributed by atoms with Crippen molar-refractivity contribution in [3.63, 3.8) is 0 Å². The Hall–Kier alpha value is -0.120. The van der Waals surface area contributed by atoms with Crippen molar-refractivity contribution in [1.82, 2.24) is 10.2 Å². The second kappa shape index (κ2) is 7.34. The van der Waals surface area contributed by atoms with Crippen molar-refractivity contribution in [1.29, 1.82) is 0 Å². The summed E-state index contributed by atoms with van der Waals surface area (Å²) in [5.74, 6) is 0.700. The topological polar surface area (TPSA) is 24.5 Å². The zero-order chi connectivity index (χ0) is 12.8. The van der Waals surface area contributed by atoms with Crippen LogP contribution < -0.4 is 5.32 Å². The summed E-state index contributed by atoms with van der Waals surface area (Å²) in [5.41, 5.74) is 0. The lowest BCUT2D eigenvalue weighted by Crippen LogP contribution is -2.61. The molecule has 0 amide bonds. The van der Waals surface area contributed by atoms with Crippen LogP contribution in [-0.4, -0.2) is 49.8 Å². The van der Waals surface area contributed by atoms with Crippen LogP contribution >= 0.6 is 0 Å². The van der Waals surface area contributed by atoms with Crippen molar-refractivity contribution in [2.75, 3.05) is 26.8 Å². The molecule has 0 bridgehead atoms. The number of hydrogen-bond acceptors (Lipinski definition) is 3. The number of nitrogens with one attached hydrogen (secondary N) is 1. The highest BCUT2D eigenvalue weighted by molar-refractivity contribution is 4.89. The maximum atomic E-state index is 5.41. The summed E-state index contributed by atoms with van der Waals surface area (Å²) >= 11 is 0. The van der Waals surface area contributed by atoms with Crippen molar-refractivity contribution in [2.45, 2.75) is 58.7 Å². The van der Waals surface area contributed by atoms with Crippen molar-refractivity contribution in [2.24, 2.45) is 5.92 Å². The smallest absolute Gasteiger partial charge is 0.0618 e. The van der Waals surface area contributed by atoms with Crippen molar-refractivity contribution >= 4 is 0 Å². The maximum Gasteiger partial charge on any atom is 0.0618 e. The van der Waals surface area contributed by atoms with E-state index in [0.717, 1.165) is 19.7 Å². The van der Waals surface area contributed by atoms with Gasteiger partial charge in [0, 0.05) is 38.3 Å². The molecule has 1 rings (SSSR count). The highest BCUT2D eigenvalue weighted by Gasteiger charge is 2.32. The zero-order valence-electron chi connectivity index (χ0n) is 12.2.